The summed E-state index contributed by atoms with van der Waals surface area (Å²) in [7, 11) is 0. The second-order valence-electron chi connectivity index (χ2n) is 3.16. The van der Waals surface area contributed by atoms with E-state index in [-0.39, 0.29) is 18.0 Å². The Morgan fingerprint density at radius 3 is 2.47 bits per heavy atom. The van der Waals surface area contributed by atoms with E-state index >= 15 is 0 Å². The maximum absolute atomic E-state index is 11.0. The second-order valence-corrected chi connectivity index (χ2v) is 3.16. The van der Waals surface area contributed by atoms with Crippen molar-refractivity contribution >= 4 is 11.9 Å². The molecule has 1 N–H and O–H groups in total. The summed E-state index contributed by atoms with van der Waals surface area (Å²) in [6.07, 6.45) is 1.72. The molecule has 0 radical (unpaired) electrons. The van der Waals surface area contributed by atoms with Crippen LogP contribution in [-0.2, 0) is 19.2 Å². The van der Waals surface area contributed by atoms with Gasteiger partial charge >= 0.3 is 11.9 Å². The van der Waals surface area contributed by atoms with Gasteiger partial charge in [0.1, 0.15) is 0 Å². The highest BCUT2D eigenvalue weighted by Gasteiger charge is 2.10. The first-order valence-corrected chi connectivity index (χ1v) is 5.18. The average Bonchev–Trinajstić information content (AvgIpc) is 2.18. The Hall–Kier alpha value is -1.10. The zero-order valence-electron chi connectivity index (χ0n) is 9.54. The van der Waals surface area contributed by atoms with Gasteiger partial charge in [-0.2, -0.15) is 5.48 Å². The van der Waals surface area contributed by atoms with Crippen molar-refractivity contribution in [1.82, 2.24) is 5.48 Å². The summed E-state index contributed by atoms with van der Waals surface area (Å²) < 4.78 is 4.79. The van der Waals surface area contributed by atoms with E-state index in [9.17, 15) is 9.59 Å². The summed E-state index contributed by atoms with van der Waals surface area (Å²) in [6, 6.07) is -0.00157. The Bertz CT molecular complexity index is 206. The molecule has 0 aliphatic heterocycles. The normalized spacial score (nSPS) is 11.9. The van der Waals surface area contributed by atoms with Crippen LogP contribution in [0.15, 0.2) is 0 Å². The van der Waals surface area contributed by atoms with Crippen LogP contribution in [0, 0.1) is 0 Å². The molecule has 0 bridgehead atoms. The van der Waals surface area contributed by atoms with Gasteiger partial charge < -0.3 is 9.57 Å². The molecule has 1 atom stereocenters. The molecule has 0 heterocycles. The molecule has 0 saturated heterocycles. The molecule has 0 rings (SSSR count). The molecule has 0 aliphatic carbocycles. The number of ether oxygens (including phenoxy) is 1. The molecular formula is C10H19NO4. The van der Waals surface area contributed by atoms with E-state index in [1.165, 1.54) is 6.92 Å². The van der Waals surface area contributed by atoms with E-state index in [2.05, 4.69) is 10.3 Å². The number of carbonyl (C=O) groups excluding carboxylic acids is 2. The van der Waals surface area contributed by atoms with Crippen LogP contribution < -0.4 is 5.48 Å². The smallest absolute Gasteiger partial charge is 0.321 e. The van der Waals surface area contributed by atoms with Crippen LogP contribution in [0.2, 0.25) is 0 Å². The van der Waals surface area contributed by atoms with Crippen LogP contribution in [0.4, 0.5) is 0 Å². The van der Waals surface area contributed by atoms with Crippen molar-refractivity contribution in [3.05, 3.63) is 0 Å². The van der Waals surface area contributed by atoms with Crippen LogP contribution >= 0.6 is 0 Å². The molecule has 15 heavy (non-hydrogen) atoms. The van der Waals surface area contributed by atoms with Gasteiger partial charge in [-0.25, -0.2) is 0 Å². The number of hydroxylamine groups is 1. The maximum Gasteiger partial charge on any atom is 0.321 e. The number of nitrogens with one attached hydrogen (secondary N) is 1. The van der Waals surface area contributed by atoms with Crippen LogP contribution in [0.3, 0.4) is 0 Å². The van der Waals surface area contributed by atoms with Crippen LogP contribution in [-0.4, -0.2) is 24.6 Å². The first-order chi connectivity index (χ1) is 7.10. The summed E-state index contributed by atoms with van der Waals surface area (Å²) in [5.74, 6) is -0.606. The van der Waals surface area contributed by atoms with Gasteiger partial charge in [0.15, 0.2) is 0 Å². The fourth-order valence-electron chi connectivity index (χ4n) is 1.04. The highest BCUT2D eigenvalue weighted by molar-refractivity contribution is 5.69. The minimum atomic E-state index is -0.385. The molecule has 0 unspecified atom stereocenters. The third kappa shape index (κ3) is 7.93. The van der Waals surface area contributed by atoms with Gasteiger partial charge in [-0.15, -0.1) is 0 Å². The van der Waals surface area contributed by atoms with Crippen molar-refractivity contribution in [2.24, 2.45) is 0 Å². The molecule has 5 nitrogen and oxygen atoms in total. The third-order valence-electron chi connectivity index (χ3n) is 1.86. The standard InChI is InChI=1S/C10H19NO4/c1-4-9(11-15-8(3)12)6-7-10(13)14-5-2/h9,11H,4-7H2,1-3H3/t9-/m1/s1. The lowest BCUT2D eigenvalue weighted by molar-refractivity contribution is -0.150. The highest BCUT2D eigenvalue weighted by Crippen LogP contribution is 2.03. The molecular weight excluding hydrogens is 198 g/mol. The van der Waals surface area contributed by atoms with Gasteiger partial charge in [0.25, 0.3) is 0 Å². The first kappa shape index (κ1) is 13.9. The van der Waals surface area contributed by atoms with Crippen molar-refractivity contribution in [1.29, 1.82) is 0 Å². The molecule has 0 aliphatic rings. The van der Waals surface area contributed by atoms with Crippen LogP contribution in [0.25, 0.3) is 0 Å². The molecule has 88 valence electrons. The van der Waals surface area contributed by atoms with E-state index in [4.69, 9.17) is 4.74 Å². The van der Waals surface area contributed by atoms with Crippen LogP contribution in [0.5, 0.6) is 0 Å². The van der Waals surface area contributed by atoms with Crippen molar-refractivity contribution in [2.75, 3.05) is 6.61 Å². The van der Waals surface area contributed by atoms with E-state index in [0.717, 1.165) is 6.42 Å². The minimum absolute atomic E-state index is 0.00157. The summed E-state index contributed by atoms with van der Waals surface area (Å²) in [5, 5.41) is 0. The van der Waals surface area contributed by atoms with Gasteiger partial charge in [0.05, 0.1) is 6.61 Å². The summed E-state index contributed by atoms with van der Waals surface area (Å²) in [6.45, 7) is 5.44. The molecule has 0 amide bonds. The monoisotopic (exact) mass is 217 g/mol. The van der Waals surface area contributed by atoms with E-state index < -0.39 is 0 Å². The van der Waals surface area contributed by atoms with Gasteiger partial charge in [-0.1, -0.05) is 6.92 Å². The highest BCUT2D eigenvalue weighted by atomic mass is 16.7. The Morgan fingerprint density at radius 2 is 2.00 bits per heavy atom. The number of hydrogen-bond donors (Lipinski definition) is 1. The molecule has 0 spiro atoms. The zero-order valence-corrected chi connectivity index (χ0v) is 9.54. The first-order valence-electron chi connectivity index (χ1n) is 5.18. The minimum Gasteiger partial charge on any atom is -0.466 e. The Kier molecular flexibility index (Phi) is 7.62. The van der Waals surface area contributed by atoms with Crippen molar-refractivity contribution in [3.63, 3.8) is 0 Å². The van der Waals surface area contributed by atoms with Gasteiger partial charge in [0.2, 0.25) is 0 Å². The molecule has 0 aromatic carbocycles. The number of carbonyl (C=O) groups is 2. The van der Waals surface area contributed by atoms with Gasteiger partial charge in [-0.05, 0) is 19.8 Å². The van der Waals surface area contributed by atoms with Crippen molar-refractivity contribution in [2.45, 2.75) is 46.1 Å². The van der Waals surface area contributed by atoms with Gasteiger partial charge in [0, 0.05) is 19.4 Å². The Labute approximate surface area is 90.1 Å². The zero-order chi connectivity index (χ0) is 11.7. The third-order valence-corrected chi connectivity index (χ3v) is 1.86. The number of rotatable bonds is 7. The predicted octanol–water partition coefficient (Wildman–Crippen LogP) is 1.18. The fourth-order valence-corrected chi connectivity index (χ4v) is 1.04. The SMILES string of the molecule is CCOC(=O)CC[C@@H](CC)NOC(C)=O. The summed E-state index contributed by atoms with van der Waals surface area (Å²) >= 11 is 0. The molecule has 0 aromatic rings. The van der Waals surface area contributed by atoms with E-state index in [0.29, 0.717) is 19.4 Å². The lowest BCUT2D eigenvalue weighted by atomic mass is 10.1. The topological polar surface area (TPSA) is 64.6 Å². The van der Waals surface area contributed by atoms with Gasteiger partial charge in [-0.3, -0.25) is 9.59 Å². The summed E-state index contributed by atoms with van der Waals surface area (Å²) in [5.41, 5.74) is 2.61. The van der Waals surface area contributed by atoms with Crippen molar-refractivity contribution in [3.8, 4) is 0 Å². The Morgan fingerprint density at radius 1 is 1.33 bits per heavy atom. The van der Waals surface area contributed by atoms with Crippen molar-refractivity contribution < 1.29 is 19.2 Å². The number of esters is 1. The number of hydrogen-bond acceptors (Lipinski definition) is 5. The predicted molar refractivity (Wildman–Crippen MR) is 54.8 cm³/mol. The average molecular weight is 217 g/mol. The van der Waals surface area contributed by atoms with Crippen LogP contribution in [0.1, 0.15) is 40.0 Å². The molecule has 5 heteroatoms. The molecule has 0 aromatic heterocycles. The fraction of sp³-hybridized carbons (Fsp3) is 0.800. The summed E-state index contributed by atoms with van der Waals surface area (Å²) in [4.78, 5) is 26.2. The van der Waals surface area contributed by atoms with E-state index in [1.807, 2.05) is 6.92 Å². The molecule has 0 fully saturated rings. The Balaban J connectivity index is 3.69. The second kappa shape index (κ2) is 8.23. The lowest BCUT2D eigenvalue weighted by Crippen LogP contribution is -2.31. The lowest BCUT2D eigenvalue weighted by Gasteiger charge is -2.14. The largest absolute Gasteiger partial charge is 0.466 e. The molecule has 0 saturated carbocycles. The maximum atomic E-state index is 11.0. The quantitative estimate of drug-likeness (QED) is 0.512. The van der Waals surface area contributed by atoms with E-state index in [1.54, 1.807) is 6.92 Å².